The Morgan fingerprint density at radius 2 is 1.68 bits per heavy atom. The van der Waals surface area contributed by atoms with Crippen LogP contribution in [0.15, 0.2) is 36.9 Å². The van der Waals surface area contributed by atoms with Crippen molar-refractivity contribution in [1.29, 1.82) is 0 Å². The number of aryl methyl sites for hydroxylation is 1. The second-order valence-corrected chi connectivity index (χ2v) is 9.12. The molecule has 4 heterocycles. The molecule has 2 saturated heterocycles. The van der Waals surface area contributed by atoms with Crippen LogP contribution in [0.5, 0.6) is 0 Å². The predicted octanol–water partition coefficient (Wildman–Crippen LogP) is 0.299. The Morgan fingerprint density at radius 1 is 1.04 bits per heavy atom. The van der Waals surface area contributed by atoms with E-state index in [0.717, 1.165) is 25.5 Å². The molecule has 134 valence electrons. The Kier molecular flexibility index (Phi) is 4.35. The van der Waals surface area contributed by atoms with E-state index >= 15 is 0 Å². The van der Waals surface area contributed by atoms with Crippen LogP contribution in [-0.2, 0) is 30.0 Å². The maximum Gasteiger partial charge on any atom is 0.153 e. The fourth-order valence-electron chi connectivity index (χ4n) is 3.94. The van der Waals surface area contributed by atoms with E-state index in [1.165, 1.54) is 5.56 Å². The Bertz CT molecular complexity index is 836. The molecule has 4 rings (SSSR count). The van der Waals surface area contributed by atoms with Gasteiger partial charge in [-0.05, 0) is 17.7 Å². The molecule has 0 aliphatic carbocycles. The normalized spacial score (nSPS) is 26.6. The van der Waals surface area contributed by atoms with E-state index in [1.807, 2.05) is 29.9 Å². The number of pyridine rings is 1. The minimum absolute atomic E-state index is 0.0392. The van der Waals surface area contributed by atoms with Crippen LogP contribution < -0.4 is 0 Å². The minimum Gasteiger partial charge on any atom is -0.337 e. The van der Waals surface area contributed by atoms with Crippen LogP contribution in [0, 0.1) is 0 Å². The molecule has 8 heteroatoms. The molecule has 2 aliphatic heterocycles. The fourth-order valence-corrected chi connectivity index (χ4v) is 5.99. The van der Waals surface area contributed by atoms with Gasteiger partial charge in [0.05, 0.1) is 18.1 Å². The Hall–Kier alpha value is -1.77. The topological polar surface area (TPSA) is 71.3 Å². The van der Waals surface area contributed by atoms with Crippen molar-refractivity contribution in [3.05, 3.63) is 48.3 Å². The summed E-state index contributed by atoms with van der Waals surface area (Å²) in [5.41, 5.74) is 1.18. The van der Waals surface area contributed by atoms with Crippen molar-refractivity contribution in [1.82, 2.24) is 24.3 Å². The number of hydrogen-bond donors (Lipinski definition) is 0. The third kappa shape index (κ3) is 3.47. The maximum absolute atomic E-state index is 12.3. The summed E-state index contributed by atoms with van der Waals surface area (Å²) in [5, 5.41) is 0. The highest BCUT2D eigenvalue weighted by atomic mass is 32.2. The lowest BCUT2D eigenvalue weighted by molar-refractivity contribution is 0.0335. The van der Waals surface area contributed by atoms with Crippen molar-refractivity contribution >= 4 is 9.84 Å². The first kappa shape index (κ1) is 16.7. The number of imidazole rings is 1. The smallest absolute Gasteiger partial charge is 0.153 e. The molecule has 2 aliphatic rings. The quantitative estimate of drug-likeness (QED) is 0.780. The van der Waals surface area contributed by atoms with Crippen molar-refractivity contribution in [3.8, 4) is 0 Å². The van der Waals surface area contributed by atoms with Gasteiger partial charge in [0.1, 0.15) is 5.82 Å². The van der Waals surface area contributed by atoms with E-state index < -0.39 is 9.84 Å². The van der Waals surface area contributed by atoms with E-state index in [9.17, 15) is 8.42 Å². The van der Waals surface area contributed by atoms with Gasteiger partial charge < -0.3 is 4.57 Å². The van der Waals surface area contributed by atoms with E-state index in [0.29, 0.717) is 6.54 Å². The standard InChI is InChI=1S/C17H23N5O2S/c1-20-7-6-19-17(20)11-22-9-8-21(10-14-2-4-18-5-3-14)15-12-25(23,24)13-16(15)22/h2-7,15-16H,8-13H2,1H3. The van der Waals surface area contributed by atoms with E-state index in [1.54, 1.807) is 18.6 Å². The highest BCUT2D eigenvalue weighted by Gasteiger charge is 2.46. The van der Waals surface area contributed by atoms with Crippen LogP contribution >= 0.6 is 0 Å². The summed E-state index contributed by atoms with van der Waals surface area (Å²) >= 11 is 0. The van der Waals surface area contributed by atoms with Crippen LogP contribution in [0.3, 0.4) is 0 Å². The molecule has 2 fully saturated rings. The summed E-state index contributed by atoms with van der Waals surface area (Å²) < 4.78 is 26.7. The first-order chi connectivity index (χ1) is 12.0. The van der Waals surface area contributed by atoms with Crippen LogP contribution in [0.1, 0.15) is 11.4 Å². The van der Waals surface area contributed by atoms with Crippen LogP contribution in [0.2, 0.25) is 0 Å². The Morgan fingerprint density at radius 3 is 2.28 bits per heavy atom. The summed E-state index contributed by atoms with van der Waals surface area (Å²) in [7, 11) is -1.02. The van der Waals surface area contributed by atoms with Crippen molar-refractivity contribution in [2.45, 2.75) is 25.2 Å². The van der Waals surface area contributed by atoms with Gasteiger partial charge in [0.2, 0.25) is 0 Å². The summed E-state index contributed by atoms with van der Waals surface area (Å²) in [6.45, 7) is 3.19. The van der Waals surface area contributed by atoms with Gasteiger partial charge in [0.15, 0.2) is 9.84 Å². The van der Waals surface area contributed by atoms with Crippen LogP contribution in [-0.4, -0.2) is 69.4 Å². The minimum atomic E-state index is -3.00. The van der Waals surface area contributed by atoms with Crippen LogP contribution in [0.25, 0.3) is 0 Å². The van der Waals surface area contributed by atoms with Gasteiger partial charge in [-0.3, -0.25) is 14.8 Å². The Balaban J connectivity index is 1.54. The van der Waals surface area contributed by atoms with Crippen molar-refractivity contribution < 1.29 is 8.42 Å². The summed E-state index contributed by atoms with van der Waals surface area (Å²) in [5.74, 6) is 1.47. The lowest BCUT2D eigenvalue weighted by Gasteiger charge is -2.43. The molecule has 0 radical (unpaired) electrons. The van der Waals surface area contributed by atoms with Gasteiger partial charge in [-0.2, -0.15) is 0 Å². The van der Waals surface area contributed by atoms with E-state index in [4.69, 9.17) is 0 Å². The zero-order valence-corrected chi connectivity index (χ0v) is 15.1. The number of nitrogens with zero attached hydrogens (tertiary/aromatic N) is 5. The molecule has 0 spiro atoms. The van der Waals surface area contributed by atoms with Gasteiger partial charge in [-0.25, -0.2) is 13.4 Å². The molecular weight excluding hydrogens is 338 g/mol. The van der Waals surface area contributed by atoms with Crippen molar-refractivity contribution in [3.63, 3.8) is 0 Å². The number of rotatable bonds is 4. The first-order valence-corrected chi connectivity index (χ1v) is 10.4. The average Bonchev–Trinajstić information content (AvgIpc) is 3.13. The first-order valence-electron chi connectivity index (χ1n) is 8.55. The lowest BCUT2D eigenvalue weighted by Crippen LogP contribution is -2.58. The van der Waals surface area contributed by atoms with E-state index in [-0.39, 0.29) is 23.6 Å². The predicted molar refractivity (Wildman–Crippen MR) is 94.5 cm³/mol. The molecule has 0 aromatic carbocycles. The van der Waals surface area contributed by atoms with E-state index in [2.05, 4.69) is 19.8 Å². The average molecular weight is 361 g/mol. The third-order valence-electron chi connectivity index (χ3n) is 5.31. The molecular formula is C17H23N5O2S. The van der Waals surface area contributed by atoms with Gasteiger partial charge in [0.25, 0.3) is 0 Å². The number of piperazine rings is 1. The summed E-state index contributed by atoms with van der Waals surface area (Å²) in [4.78, 5) is 13.1. The largest absolute Gasteiger partial charge is 0.337 e. The third-order valence-corrected chi connectivity index (χ3v) is 7.01. The Labute approximate surface area is 148 Å². The highest BCUT2D eigenvalue weighted by Crippen LogP contribution is 2.29. The molecule has 25 heavy (non-hydrogen) atoms. The summed E-state index contributed by atoms with van der Waals surface area (Å²) in [6.07, 6.45) is 7.29. The van der Waals surface area contributed by atoms with Crippen LogP contribution in [0.4, 0.5) is 0 Å². The number of sulfone groups is 1. The molecule has 0 amide bonds. The van der Waals surface area contributed by atoms with Gasteiger partial charge in [-0.1, -0.05) is 0 Å². The second-order valence-electron chi connectivity index (χ2n) is 6.96. The van der Waals surface area contributed by atoms with Gasteiger partial charge in [-0.15, -0.1) is 0 Å². The zero-order valence-electron chi connectivity index (χ0n) is 14.3. The number of fused-ring (bicyclic) bond motifs is 1. The molecule has 2 atom stereocenters. The zero-order chi connectivity index (χ0) is 17.4. The van der Waals surface area contributed by atoms with Gasteiger partial charge in [0, 0.05) is 63.6 Å². The summed E-state index contributed by atoms with van der Waals surface area (Å²) in [6, 6.07) is 4.08. The molecule has 0 saturated carbocycles. The van der Waals surface area contributed by atoms with Crippen molar-refractivity contribution in [2.24, 2.45) is 7.05 Å². The SMILES string of the molecule is Cn1ccnc1CN1CCN(Cc2ccncc2)C2CS(=O)(=O)CC21. The monoisotopic (exact) mass is 361 g/mol. The fraction of sp³-hybridized carbons (Fsp3) is 0.529. The molecule has 0 N–H and O–H groups in total. The molecule has 7 nitrogen and oxygen atoms in total. The molecule has 2 aromatic heterocycles. The maximum atomic E-state index is 12.3. The number of aromatic nitrogens is 3. The second kappa shape index (κ2) is 6.51. The molecule has 0 bridgehead atoms. The van der Waals surface area contributed by atoms with Gasteiger partial charge >= 0.3 is 0 Å². The van der Waals surface area contributed by atoms with Crippen molar-refractivity contribution in [2.75, 3.05) is 24.6 Å². The highest BCUT2D eigenvalue weighted by molar-refractivity contribution is 7.91. The molecule has 2 unspecified atom stereocenters. The number of hydrogen-bond acceptors (Lipinski definition) is 6. The lowest BCUT2D eigenvalue weighted by atomic mass is 10.0. The molecule has 2 aromatic rings.